The number of ether oxygens (including phenoxy) is 1. The number of rotatable bonds is 10. The molecule has 2 aromatic rings. The third-order valence-electron chi connectivity index (χ3n) is 4.72. The number of aromatic amines is 1. The molecule has 176 valence electrons. The quantitative estimate of drug-likeness (QED) is 0.481. The first-order valence-electron chi connectivity index (χ1n) is 10.4. The third kappa shape index (κ3) is 6.78. The molecule has 0 aliphatic rings. The van der Waals surface area contributed by atoms with Crippen LogP contribution in [0, 0.1) is 17.2 Å². The van der Waals surface area contributed by atoms with Crippen LogP contribution in [-0.2, 0) is 20.9 Å². The Balaban J connectivity index is 2.21. The normalized spacial score (nSPS) is 10.6. The smallest absolute Gasteiger partial charge is 0.330 e. The summed E-state index contributed by atoms with van der Waals surface area (Å²) in [6, 6.07) is 8.28. The van der Waals surface area contributed by atoms with Crippen molar-refractivity contribution in [2.45, 2.75) is 33.2 Å². The molecule has 0 spiro atoms. The summed E-state index contributed by atoms with van der Waals surface area (Å²) < 4.78 is 6.26. The fourth-order valence-corrected chi connectivity index (χ4v) is 3.14. The van der Waals surface area contributed by atoms with E-state index in [4.69, 9.17) is 15.7 Å². The predicted molar refractivity (Wildman–Crippen MR) is 124 cm³/mol. The first-order chi connectivity index (χ1) is 15.7. The van der Waals surface area contributed by atoms with Crippen LogP contribution in [0.4, 0.5) is 17.2 Å². The van der Waals surface area contributed by atoms with Crippen molar-refractivity contribution in [3.05, 3.63) is 50.7 Å². The van der Waals surface area contributed by atoms with Gasteiger partial charge in [-0.2, -0.15) is 5.26 Å². The van der Waals surface area contributed by atoms with Gasteiger partial charge >= 0.3 is 5.69 Å². The summed E-state index contributed by atoms with van der Waals surface area (Å²) in [6.45, 7) is 4.16. The van der Waals surface area contributed by atoms with Gasteiger partial charge in [0.1, 0.15) is 5.82 Å². The van der Waals surface area contributed by atoms with Crippen LogP contribution in [0.15, 0.2) is 33.9 Å². The van der Waals surface area contributed by atoms with E-state index in [-0.39, 0.29) is 50.0 Å². The molecule has 0 unspecified atom stereocenters. The molecule has 4 N–H and O–H groups in total. The second-order valence-corrected chi connectivity index (χ2v) is 7.77. The van der Waals surface area contributed by atoms with Gasteiger partial charge in [0.15, 0.2) is 5.69 Å². The van der Waals surface area contributed by atoms with Crippen LogP contribution in [0.3, 0.4) is 0 Å². The van der Waals surface area contributed by atoms with Gasteiger partial charge in [0.25, 0.3) is 5.56 Å². The zero-order valence-electron chi connectivity index (χ0n) is 18.9. The van der Waals surface area contributed by atoms with Gasteiger partial charge in [-0.3, -0.25) is 23.9 Å². The number of carbonyl (C=O) groups is 2. The van der Waals surface area contributed by atoms with Gasteiger partial charge in [-0.1, -0.05) is 13.8 Å². The summed E-state index contributed by atoms with van der Waals surface area (Å²) in [5.74, 6) is -0.984. The van der Waals surface area contributed by atoms with Crippen molar-refractivity contribution < 1.29 is 14.3 Å². The largest absolute Gasteiger partial charge is 0.383 e. The second kappa shape index (κ2) is 11.6. The van der Waals surface area contributed by atoms with E-state index in [1.165, 1.54) is 11.7 Å². The van der Waals surface area contributed by atoms with E-state index in [9.17, 15) is 19.2 Å². The molecular formula is C22H28N6O5. The molecule has 33 heavy (non-hydrogen) atoms. The van der Waals surface area contributed by atoms with Crippen molar-refractivity contribution >= 4 is 29.0 Å². The van der Waals surface area contributed by atoms with Crippen molar-refractivity contribution in [3.63, 3.8) is 0 Å². The summed E-state index contributed by atoms with van der Waals surface area (Å²) in [7, 11) is 1.45. The first-order valence-corrected chi connectivity index (χ1v) is 10.4. The molecule has 1 aromatic carbocycles. The van der Waals surface area contributed by atoms with Crippen molar-refractivity contribution in [1.82, 2.24) is 9.55 Å². The zero-order valence-corrected chi connectivity index (χ0v) is 18.9. The minimum Gasteiger partial charge on any atom is -0.383 e. The Morgan fingerprint density at radius 2 is 1.91 bits per heavy atom. The Morgan fingerprint density at radius 3 is 2.48 bits per heavy atom. The van der Waals surface area contributed by atoms with Crippen LogP contribution in [0.5, 0.6) is 0 Å². The number of nitrogens with two attached hydrogens (primary N) is 1. The Hall–Kier alpha value is -3.91. The summed E-state index contributed by atoms with van der Waals surface area (Å²) in [5.41, 5.74) is 5.49. The van der Waals surface area contributed by atoms with Gasteiger partial charge in [0.05, 0.1) is 18.2 Å². The van der Waals surface area contributed by atoms with E-state index in [1.54, 1.807) is 24.3 Å². The molecule has 0 aliphatic carbocycles. The lowest BCUT2D eigenvalue weighted by atomic mass is 10.2. The van der Waals surface area contributed by atoms with Crippen LogP contribution in [0.2, 0.25) is 0 Å². The van der Waals surface area contributed by atoms with Crippen LogP contribution < -0.4 is 27.2 Å². The standard InChI is InChI=1S/C22H28N6O5/c1-14(2)13-28-20(24)19(21(31)26-22(28)32)27(10-11-33-3)18(30)9-8-17(29)25-16-6-4-15(12-23)5-7-16/h4-7,14H,8-11,13,24H2,1-3H3,(H,25,29)(H,26,31,32). The van der Waals surface area contributed by atoms with E-state index in [2.05, 4.69) is 10.3 Å². The average molecular weight is 457 g/mol. The SMILES string of the molecule is COCCN(C(=O)CCC(=O)Nc1ccc(C#N)cc1)c1c(N)n(CC(C)C)c(=O)[nH]c1=O. The molecule has 0 radical (unpaired) electrons. The number of H-pyrrole nitrogens is 1. The van der Waals surface area contributed by atoms with Crippen molar-refractivity contribution in [3.8, 4) is 6.07 Å². The van der Waals surface area contributed by atoms with Crippen LogP contribution in [0.1, 0.15) is 32.3 Å². The molecule has 0 fully saturated rings. The second-order valence-electron chi connectivity index (χ2n) is 7.77. The number of hydrogen-bond acceptors (Lipinski definition) is 7. The van der Waals surface area contributed by atoms with Crippen molar-refractivity contribution in [1.29, 1.82) is 5.26 Å². The highest BCUT2D eigenvalue weighted by Gasteiger charge is 2.24. The number of hydrogen-bond donors (Lipinski definition) is 3. The van der Waals surface area contributed by atoms with Gasteiger partial charge in [0, 0.05) is 38.7 Å². The molecule has 11 nitrogen and oxygen atoms in total. The number of nitriles is 1. The van der Waals surface area contributed by atoms with Crippen molar-refractivity contribution in [2.75, 3.05) is 36.2 Å². The molecule has 0 atom stereocenters. The fourth-order valence-electron chi connectivity index (χ4n) is 3.14. The lowest BCUT2D eigenvalue weighted by Gasteiger charge is -2.24. The van der Waals surface area contributed by atoms with E-state index < -0.39 is 23.1 Å². The highest BCUT2D eigenvalue weighted by atomic mass is 16.5. The van der Waals surface area contributed by atoms with Gasteiger partial charge < -0.3 is 20.7 Å². The number of aromatic nitrogens is 2. The number of carbonyl (C=O) groups excluding carboxylic acids is 2. The van der Waals surface area contributed by atoms with Crippen molar-refractivity contribution in [2.24, 2.45) is 5.92 Å². The highest BCUT2D eigenvalue weighted by Crippen LogP contribution is 2.19. The molecule has 0 aliphatic heterocycles. The van der Waals surface area contributed by atoms with E-state index in [0.717, 1.165) is 4.90 Å². The molecule has 0 saturated heterocycles. The Kier molecular flexibility index (Phi) is 8.94. The summed E-state index contributed by atoms with van der Waals surface area (Å²) in [4.78, 5) is 53.4. The Bertz CT molecular complexity index is 1140. The number of amides is 2. The monoisotopic (exact) mass is 456 g/mol. The Labute approximate surface area is 190 Å². The first kappa shape index (κ1) is 25.4. The molecule has 0 saturated carbocycles. The Morgan fingerprint density at radius 1 is 1.24 bits per heavy atom. The lowest BCUT2D eigenvalue weighted by molar-refractivity contribution is -0.122. The van der Waals surface area contributed by atoms with E-state index in [1.807, 2.05) is 19.9 Å². The molecular weight excluding hydrogens is 428 g/mol. The van der Waals surface area contributed by atoms with E-state index >= 15 is 0 Å². The van der Waals surface area contributed by atoms with Crippen LogP contribution in [0.25, 0.3) is 0 Å². The lowest BCUT2D eigenvalue weighted by Crippen LogP contribution is -2.43. The number of anilines is 3. The van der Waals surface area contributed by atoms with Gasteiger partial charge in [0.2, 0.25) is 11.8 Å². The fraction of sp³-hybridized carbons (Fsp3) is 0.409. The maximum Gasteiger partial charge on any atom is 0.330 e. The molecule has 2 amide bonds. The van der Waals surface area contributed by atoms with Gasteiger partial charge in [-0.25, -0.2) is 4.79 Å². The summed E-state index contributed by atoms with van der Waals surface area (Å²) >= 11 is 0. The minimum absolute atomic E-state index is 0.0136. The van der Waals surface area contributed by atoms with Gasteiger partial charge in [-0.05, 0) is 30.2 Å². The summed E-state index contributed by atoms with van der Waals surface area (Å²) in [5, 5.41) is 11.5. The number of nitrogens with one attached hydrogen (secondary N) is 2. The topological polar surface area (TPSA) is 163 Å². The number of nitrogens with zero attached hydrogens (tertiary/aromatic N) is 3. The number of methoxy groups -OCH3 is 1. The predicted octanol–water partition coefficient (Wildman–Crippen LogP) is 1.04. The molecule has 1 aromatic heterocycles. The van der Waals surface area contributed by atoms with Gasteiger partial charge in [-0.15, -0.1) is 0 Å². The molecule has 1 heterocycles. The minimum atomic E-state index is -0.788. The van der Waals surface area contributed by atoms with Crippen LogP contribution in [-0.4, -0.2) is 41.6 Å². The average Bonchev–Trinajstić information content (AvgIpc) is 2.77. The third-order valence-corrected chi connectivity index (χ3v) is 4.72. The number of nitrogen functional groups attached to an aromatic ring is 1. The van der Waals surface area contributed by atoms with E-state index in [0.29, 0.717) is 11.3 Å². The number of benzene rings is 1. The maximum absolute atomic E-state index is 13.0. The maximum atomic E-state index is 13.0. The summed E-state index contributed by atoms with van der Waals surface area (Å²) in [6.07, 6.45) is -0.347. The zero-order chi connectivity index (χ0) is 24.5. The highest BCUT2D eigenvalue weighted by molar-refractivity contribution is 5.99. The molecule has 2 rings (SSSR count). The van der Waals surface area contributed by atoms with Crippen LogP contribution >= 0.6 is 0 Å². The molecule has 11 heteroatoms. The molecule has 0 bridgehead atoms.